The van der Waals surface area contributed by atoms with E-state index >= 15 is 0 Å². The third-order valence-electron chi connectivity index (χ3n) is 4.27. The predicted octanol–water partition coefficient (Wildman–Crippen LogP) is 4.48. The van der Waals surface area contributed by atoms with Gasteiger partial charge in [0.05, 0.1) is 35.0 Å². The second-order valence-electron chi connectivity index (χ2n) is 6.59. The van der Waals surface area contributed by atoms with Gasteiger partial charge in [0.2, 0.25) is 5.91 Å². The van der Waals surface area contributed by atoms with Crippen molar-refractivity contribution in [2.45, 2.75) is 20.0 Å². The molecule has 6 nitrogen and oxygen atoms in total. The molecule has 0 saturated carbocycles. The maximum Gasteiger partial charge on any atom is 0.422 e. The van der Waals surface area contributed by atoms with Crippen LogP contribution in [0.5, 0.6) is 5.75 Å². The van der Waals surface area contributed by atoms with E-state index in [1.54, 1.807) is 29.8 Å². The van der Waals surface area contributed by atoms with Gasteiger partial charge in [-0.15, -0.1) is 0 Å². The highest BCUT2D eigenvalue weighted by Crippen LogP contribution is 2.26. The second kappa shape index (κ2) is 8.89. The number of hydrogen-bond donors (Lipinski definition) is 2. The summed E-state index contributed by atoms with van der Waals surface area (Å²) in [5.74, 6) is -0.341. The zero-order chi connectivity index (χ0) is 21.7. The van der Waals surface area contributed by atoms with Crippen LogP contribution >= 0.6 is 0 Å². The van der Waals surface area contributed by atoms with Crippen LogP contribution in [0.2, 0.25) is 0 Å². The lowest BCUT2D eigenvalue weighted by Gasteiger charge is -2.14. The third-order valence-corrected chi connectivity index (χ3v) is 4.27. The van der Waals surface area contributed by atoms with Crippen LogP contribution in [-0.2, 0) is 4.79 Å². The van der Waals surface area contributed by atoms with Crippen LogP contribution in [-0.4, -0.2) is 35.0 Å². The molecule has 0 aliphatic rings. The molecule has 158 valence electrons. The van der Waals surface area contributed by atoms with Gasteiger partial charge in [0, 0.05) is 0 Å². The van der Waals surface area contributed by atoms with Gasteiger partial charge in [-0.2, -0.15) is 18.3 Å². The summed E-state index contributed by atoms with van der Waals surface area (Å²) in [5.41, 5.74) is 3.17. The first-order valence-corrected chi connectivity index (χ1v) is 9.18. The van der Waals surface area contributed by atoms with E-state index in [4.69, 9.17) is 4.74 Å². The minimum Gasteiger partial charge on any atom is -0.482 e. The molecule has 0 radical (unpaired) electrons. The van der Waals surface area contributed by atoms with Gasteiger partial charge >= 0.3 is 6.18 Å². The van der Waals surface area contributed by atoms with Gasteiger partial charge in [-0.3, -0.25) is 4.79 Å². The maximum atomic E-state index is 12.4. The first-order chi connectivity index (χ1) is 14.2. The molecule has 1 aromatic heterocycles. The van der Waals surface area contributed by atoms with E-state index < -0.39 is 12.8 Å². The zero-order valence-corrected chi connectivity index (χ0v) is 16.5. The standard InChI is InChI=1S/C21H21F3N4O2/c1-14-20(15(2)28(27-14)16-8-4-3-5-9-16)26-19(29)12-25-17-10-6-7-11-18(17)30-13-21(22,23)24/h3-11,25H,12-13H2,1-2H3,(H,26,29). The summed E-state index contributed by atoms with van der Waals surface area (Å²) < 4.78 is 43.8. The van der Waals surface area contributed by atoms with Gasteiger partial charge in [0.25, 0.3) is 0 Å². The number of carbonyl (C=O) groups is 1. The molecule has 0 bridgehead atoms. The fraction of sp³-hybridized carbons (Fsp3) is 0.238. The fourth-order valence-electron chi connectivity index (χ4n) is 2.90. The van der Waals surface area contributed by atoms with E-state index in [1.807, 2.05) is 37.3 Å². The molecule has 0 saturated heterocycles. The van der Waals surface area contributed by atoms with E-state index in [0.717, 1.165) is 11.4 Å². The second-order valence-corrected chi connectivity index (χ2v) is 6.59. The molecule has 2 N–H and O–H groups in total. The number of rotatable bonds is 7. The lowest BCUT2D eigenvalue weighted by Crippen LogP contribution is -2.23. The lowest BCUT2D eigenvalue weighted by molar-refractivity contribution is -0.153. The molecular formula is C21H21F3N4O2. The summed E-state index contributed by atoms with van der Waals surface area (Å²) >= 11 is 0. The number of halogens is 3. The highest BCUT2D eigenvalue weighted by atomic mass is 19.4. The van der Waals surface area contributed by atoms with E-state index in [2.05, 4.69) is 15.7 Å². The molecule has 0 spiro atoms. The van der Waals surface area contributed by atoms with Crippen LogP contribution in [0.25, 0.3) is 5.69 Å². The van der Waals surface area contributed by atoms with Crippen molar-refractivity contribution in [3.8, 4) is 11.4 Å². The summed E-state index contributed by atoms with van der Waals surface area (Å²) in [5, 5.41) is 10.1. The van der Waals surface area contributed by atoms with Gasteiger partial charge in [-0.05, 0) is 38.1 Å². The van der Waals surface area contributed by atoms with E-state index in [0.29, 0.717) is 17.1 Å². The Morgan fingerprint density at radius 2 is 1.73 bits per heavy atom. The van der Waals surface area contributed by atoms with Crippen LogP contribution in [0.3, 0.4) is 0 Å². The number of aromatic nitrogens is 2. The molecular weight excluding hydrogens is 397 g/mol. The Balaban J connectivity index is 1.66. The summed E-state index contributed by atoms with van der Waals surface area (Å²) in [7, 11) is 0. The van der Waals surface area contributed by atoms with E-state index in [-0.39, 0.29) is 18.2 Å². The number of anilines is 2. The van der Waals surface area contributed by atoms with Crippen LogP contribution in [0.4, 0.5) is 24.5 Å². The number of nitrogens with zero attached hydrogens (tertiary/aromatic N) is 2. The van der Waals surface area contributed by atoms with Crippen LogP contribution in [0.15, 0.2) is 54.6 Å². The average molecular weight is 418 g/mol. The van der Waals surface area contributed by atoms with Crippen molar-refractivity contribution in [2.75, 3.05) is 23.8 Å². The van der Waals surface area contributed by atoms with Crippen molar-refractivity contribution < 1.29 is 22.7 Å². The van der Waals surface area contributed by atoms with Crippen molar-refractivity contribution >= 4 is 17.3 Å². The summed E-state index contributed by atoms with van der Waals surface area (Å²) in [4.78, 5) is 12.4. The van der Waals surface area contributed by atoms with Crippen molar-refractivity contribution in [3.63, 3.8) is 0 Å². The lowest BCUT2D eigenvalue weighted by atomic mass is 10.2. The molecule has 0 aliphatic carbocycles. The largest absolute Gasteiger partial charge is 0.482 e. The quantitative estimate of drug-likeness (QED) is 0.594. The van der Waals surface area contributed by atoms with Gasteiger partial charge < -0.3 is 15.4 Å². The molecule has 9 heteroatoms. The topological polar surface area (TPSA) is 68.2 Å². The number of alkyl halides is 3. The first kappa shape index (κ1) is 21.2. The predicted molar refractivity (Wildman–Crippen MR) is 108 cm³/mol. The third kappa shape index (κ3) is 5.31. The molecule has 3 rings (SSSR count). The number of para-hydroxylation sites is 3. The Kier molecular flexibility index (Phi) is 6.29. The molecule has 0 aliphatic heterocycles. The molecule has 2 aromatic carbocycles. The Hall–Kier alpha value is -3.49. The number of aryl methyl sites for hydroxylation is 1. The van der Waals surface area contributed by atoms with E-state index in [1.165, 1.54) is 6.07 Å². The first-order valence-electron chi connectivity index (χ1n) is 9.18. The van der Waals surface area contributed by atoms with Gasteiger partial charge in [0.15, 0.2) is 6.61 Å². The SMILES string of the molecule is Cc1nn(-c2ccccc2)c(C)c1NC(=O)CNc1ccccc1OCC(F)(F)F. The number of benzene rings is 2. The molecule has 0 fully saturated rings. The summed E-state index contributed by atoms with van der Waals surface area (Å²) in [6, 6.07) is 15.7. The highest BCUT2D eigenvalue weighted by molar-refractivity contribution is 5.95. The van der Waals surface area contributed by atoms with Crippen molar-refractivity contribution in [1.29, 1.82) is 0 Å². The Bertz CT molecular complexity index is 1020. The zero-order valence-electron chi connectivity index (χ0n) is 16.5. The van der Waals surface area contributed by atoms with Crippen molar-refractivity contribution in [1.82, 2.24) is 9.78 Å². The molecule has 0 atom stereocenters. The Morgan fingerprint density at radius 1 is 1.07 bits per heavy atom. The fourth-order valence-corrected chi connectivity index (χ4v) is 2.90. The van der Waals surface area contributed by atoms with Crippen LogP contribution in [0, 0.1) is 13.8 Å². The minimum absolute atomic E-state index is 0.0203. The molecule has 1 amide bonds. The highest BCUT2D eigenvalue weighted by Gasteiger charge is 2.28. The maximum absolute atomic E-state index is 12.4. The van der Waals surface area contributed by atoms with Gasteiger partial charge in [0.1, 0.15) is 5.75 Å². The average Bonchev–Trinajstić information content (AvgIpc) is 2.99. The Morgan fingerprint density at radius 3 is 2.43 bits per heavy atom. The van der Waals surface area contributed by atoms with Gasteiger partial charge in [-0.1, -0.05) is 30.3 Å². The minimum atomic E-state index is -4.45. The van der Waals surface area contributed by atoms with E-state index in [9.17, 15) is 18.0 Å². The molecule has 0 unspecified atom stereocenters. The molecule has 1 heterocycles. The Labute approximate surface area is 171 Å². The molecule has 30 heavy (non-hydrogen) atoms. The number of amides is 1. The van der Waals surface area contributed by atoms with Crippen molar-refractivity contribution in [3.05, 3.63) is 66.0 Å². The van der Waals surface area contributed by atoms with Crippen LogP contribution in [0.1, 0.15) is 11.4 Å². The summed E-state index contributed by atoms with van der Waals surface area (Å²) in [6.45, 7) is 2.07. The van der Waals surface area contributed by atoms with Crippen LogP contribution < -0.4 is 15.4 Å². The monoisotopic (exact) mass is 418 g/mol. The number of ether oxygens (including phenoxy) is 1. The molecule has 3 aromatic rings. The summed E-state index contributed by atoms with van der Waals surface area (Å²) in [6.07, 6.45) is -4.45. The van der Waals surface area contributed by atoms with Gasteiger partial charge in [-0.25, -0.2) is 4.68 Å². The number of nitrogens with one attached hydrogen (secondary N) is 2. The normalized spacial score (nSPS) is 11.2. The van der Waals surface area contributed by atoms with Crippen molar-refractivity contribution in [2.24, 2.45) is 0 Å². The number of carbonyl (C=O) groups excluding carboxylic acids is 1. The smallest absolute Gasteiger partial charge is 0.422 e. The number of hydrogen-bond acceptors (Lipinski definition) is 4.